The molecule has 0 aliphatic carbocycles. The Bertz CT molecular complexity index is 274. The first kappa shape index (κ1) is 14.4. The SMILES string of the molecule is CCOC(=O)CCNCCS(=O)(=O)CC. The lowest BCUT2D eigenvalue weighted by Gasteiger charge is -2.04. The zero-order valence-electron chi connectivity index (χ0n) is 9.28. The van der Waals surface area contributed by atoms with Gasteiger partial charge in [0.2, 0.25) is 0 Å². The van der Waals surface area contributed by atoms with Gasteiger partial charge in [-0.2, -0.15) is 0 Å². The van der Waals surface area contributed by atoms with Crippen molar-refractivity contribution in [2.45, 2.75) is 20.3 Å². The minimum atomic E-state index is -2.91. The van der Waals surface area contributed by atoms with E-state index in [9.17, 15) is 13.2 Å². The first-order valence-corrected chi connectivity index (χ1v) is 6.90. The van der Waals surface area contributed by atoms with E-state index >= 15 is 0 Å². The van der Waals surface area contributed by atoms with Crippen molar-refractivity contribution in [2.24, 2.45) is 0 Å². The van der Waals surface area contributed by atoms with Crippen molar-refractivity contribution in [3.63, 3.8) is 0 Å². The van der Waals surface area contributed by atoms with E-state index < -0.39 is 9.84 Å². The summed E-state index contributed by atoms with van der Waals surface area (Å²) < 4.78 is 26.8. The predicted molar refractivity (Wildman–Crippen MR) is 58.4 cm³/mol. The third-order valence-corrected chi connectivity index (χ3v) is 3.55. The minimum absolute atomic E-state index is 0.117. The Morgan fingerprint density at radius 1 is 1.27 bits per heavy atom. The van der Waals surface area contributed by atoms with Crippen LogP contribution >= 0.6 is 0 Å². The summed E-state index contributed by atoms with van der Waals surface area (Å²) in [4.78, 5) is 10.9. The smallest absolute Gasteiger partial charge is 0.307 e. The Labute approximate surface area is 91.1 Å². The summed E-state index contributed by atoms with van der Waals surface area (Å²) in [5.41, 5.74) is 0. The molecule has 0 aromatic heterocycles. The second kappa shape index (κ2) is 7.64. The van der Waals surface area contributed by atoms with Crippen molar-refractivity contribution in [3.8, 4) is 0 Å². The maximum absolute atomic E-state index is 11.1. The summed E-state index contributed by atoms with van der Waals surface area (Å²) >= 11 is 0. The van der Waals surface area contributed by atoms with E-state index in [1.165, 1.54) is 0 Å². The predicted octanol–water partition coefficient (Wildman–Crippen LogP) is -0.0361. The number of rotatable bonds is 8. The third kappa shape index (κ3) is 8.38. The molecule has 0 aromatic rings. The highest BCUT2D eigenvalue weighted by Gasteiger charge is 2.06. The lowest BCUT2D eigenvalue weighted by molar-refractivity contribution is -0.142. The van der Waals surface area contributed by atoms with Crippen molar-refractivity contribution >= 4 is 15.8 Å². The maximum Gasteiger partial charge on any atom is 0.307 e. The van der Waals surface area contributed by atoms with E-state index in [1.807, 2.05) is 0 Å². The monoisotopic (exact) mass is 237 g/mol. The molecule has 0 aliphatic rings. The summed E-state index contributed by atoms with van der Waals surface area (Å²) in [6.45, 7) is 4.59. The molecule has 0 rings (SSSR count). The molecular formula is C9H19NO4S. The quantitative estimate of drug-likeness (QED) is 0.474. The second-order valence-electron chi connectivity index (χ2n) is 3.04. The molecule has 0 unspecified atom stereocenters. The first-order valence-electron chi connectivity index (χ1n) is 5.08. The molecule has 0 bridgehead atoms. The molecule has 0 saturated heterocycles. The highest BCUT2D eigenvalue weighted by Crippen LogP contribution is 1.88. The summed E-state index contributed by atoms with van der Waals surface area (Å²) in [6, 6.07) is 0. The summed E-state index contributed by atoms with van der Waals surface area (Å²) in [7, 11) is -2.91. The van der Waals surface area contributed by atoms with Crippen LogP contribution in [0.3, 0.4) is 0 Å². The highest BCUT2D eigenvalue weighted by molar-refractivity contribution is 7.91. The average molecular weight is 237 g/mol. The molecular weight excluding hydrogens is 218 g/mol. The molecule has 0 heterocycles. The normalized spacial score (nSPS) is 11.3. The van der Waals surface area contributed by atoms with Gasteiger partial charge in [-0.15, -0.1) is 0 Å². The van der Waals surface area contributed by atoms with Gasteiger partial charge >= 0.3 is 5.97 Å². The Morgan fingerprint density at radius 3 is 2.47 bits per heavy atom. The molecule has 0 atom stereocenters. The van der Waals surface area contributed by atoms with Crippen LogP contribution < -0.4 is 5.32 Å². The van der Waals surface area contributed by atoms with Gasteiger partial charge < -0.3 is 10.1 Å². The van der Waals surface area contributed by atoms with E-state index in [2.05, 4.69) is 5.32 Å². The number of esters is 1. The molecule has 0 aromatic carbocycles. The Morgan fingerprint density at radius 2 is 1.93 bits per heavy atom. The van der Waals surface area contributed by atoms with Crippen molar-refractivity contribution in [2.75, 3.05) is 31.2 Å². The molecule has 15 heavy (non-hydrogen) atoms. The summed E-state index contributed by atoms with van der Waals surface area (Å²) in [6.07, 6.45) is 0.278. The molecule has 6 heteroatoms. The number of carbonyl (C=O) groups is 1. The first-order chi connectivity index (χ1) is 7.02. The van der Waals surface area contributed by atoms with Crippen molar-refractivity contribution in [1.29, 1.82) is 0 Å². The standard InChI is InChI=1S/C9H19NO4S/c1-3-14-9(11)5-6-10-7-8-15(12,13)4-2/h10H,3-8H2,1-2H3. The number of carbonyl (C=O) groups excluding carboxylic acids is 1. The second-order valence-corrected chi connectivity index (χ2v) is 5.51. The molecule has 0 aliphatic heterocycles. The van der Waals surface area contributed by atoms with Gasteiger partial charge in [-0.05, 0) is 6.92 Å². The highest BCUT2D eigenvalue weighted by atomic mass is 32.2. The number of nitrogens with one attached hydrogen (secondary N) is 1. The van der Waals surface area contributed by atoms with Crippen LogP contribution in [0.4, 0.5) is 0 Å². The van der Waals surface area contributed by atoms with Crippen molar-refractivity contribution in [3.05, 3.63) is 0 Å². The fourth-order valence-corrected chi connectivity index (χ4v) is 1.66. The zero-order valence-corrected chi connectivity index (χ0v) is 10.1. The Balaban J connectivity index is 3.44. The van der Waals surface area contributed by atoms with E-state index in [-0.39, 0.29) is 23.9 Å². The molecule has 1 N–H and O–H groups in total. The maximum atomic E-state index is 11.1. The largest absolute Gasteiger partial charge is 0.466 e. The van der Waals surface area contributed by atoms with Crippen LogP contribution in [-0.2, 0) is 19.4 Å². The fourth-order valence-electron chi connectivity index (χ4n) is 0.921. The van der Waals surface area contributed by atoms with Crippen LogP contribution in [0.25, 0.3) is 0 Å². The number of sulfone groups is 1. The van der Waals surface area contributed by atoms with E-state index in [4.69, 9.17) is 4.74 Å². The van der Waals surface area contributed by atoms with E-state index in [1.54, 1.807) is 13.8 Å². The molecule has 0 amide bonds. The summed E-state index contributed by atoms with van der Waals surface area (Å²) in [5.74, 6) is 0.0159. The van der Waals surface area contributed by atoms with E-state index in [0.29, 0.717) is 19.7 Å². The fraction of sp³-hybridized carbons (Fsp3) is 0.889. The lowest BCUT2D eigenvalue weighted by Crippen LogP contribution is -2.26. The van der Waals surface area contributed by atoms with Crippen LogP contribution in [0.5, 0.6) is 0 Å². The van der Waals surface area contributed by atoms with Gasteiger partial charge in [0.1, 0.15) is 0 Å². The zero-order chi connectivity index (χ0) is 11.7. The van der Waals surface area contributed by atoms with Crippen LogP contribution in [0, 0.1) is 0 Å². The lowest BCUT2D eigenvalue weighted by atomic mass is 10.4. The number of hydrogen-bond donors (Lipinski definition) is 1. The van der Waals surface area contributed by atoms with Gasteiger partial charge in [0, 0.05) is 18.8 Å². The van der Waals surface area contributed by atoms with Crippen LogP contribution in [0.2, 0.25) is 0 Å². The van der Waals surface area contributed by atoms with Gasteiger partial charge in [-0.1, -0.05) is 6.92 Å². The molecule has 90 valence electrons. The van der Waals surface area contributed by atoms with Crippen molar-refractivity contribution < 1.29 is 17.9 Å². The Hall–Kier alpha value is -0.620. The van der Waals surface area contributed by atoms with Gasteiger partial charge in [0.25, 0.3) is 0 Å². The van der Waals surface area contributed by atoms with Crippen LogP contribution in [0.1, 0.15) is 20.3 Å². The molecule has 0 saturated carbocycles. The third-order valence-electron chi connectivity index (χ3n) is 1.84. The van der Waals surface area contributed by atoms with Crippen molar-refractivity contribution in [1.82, 2.24) is 5.32 Å². The molecule has 0 spiro atoms. The number of ether oxygens (including phenoxy) is 1. The van der Waals surface area contributed by atoms with Gasteiger partial charge in [-0.3, -0.25) is 4.79 Å². The summed E-state index contributed by atoms with van der Waals surface area (Å²) in [5, 5.41) is 2.89. The Kier molecular flexibility index (Phi) is 7.33. The van der Waals surface area contributed by atoms with Gasteiger partial charge in [-0.25, -0.2) is 8.42 Å². The van der Waals surface area contributed by atoms with Crippen LogP contribution in [-0.4, -0.2) is 45.6 Å². The topological polar surface area (TPSA) is 72.5 Å². The van der Waals surface area contributed by atoms with E-state index in [0.717, 1.165) is 0 Å². The molecule has 0 fully saturated rings. The number of hydrogen-bond acceptors (Lipinski definition) is 5. The minimum Gasteiger partial charge on any atom is -0.466 e. The van der Waals surface area contributed by atoms with Crippen LogP contribution in [0.15, 0.2) is 0 Å². The average Bonchev–Trinajstić information content (AvgIpc) is 2.17. The van der Waals surface area contributed by atoms with Gasteiger partial charge in [0.05, 0.1) is 18.8 Å². The molecule has 5 nitrogen and oxygen atoms in total. The molecule has 0 radical (unpaired) electrons. The van der Waals surface area contributed by atoms with Gasteiger partial charge in [0.15, 0.2) is 9.84 Å².